The van der Waals surface area contributed by atoms with Crippen LogP contribution < -0.4 is 0 Å². The molecule has 0 fully saturated rings. The van der Waals surface area contributed by atoms with Crippen molar-refractivity contribution in [2.45, 2.75) is 39.0 Å². The first-order valence-corrected chi connectivity index (χ1v) is 6.70. The minimum absolute atomic E-state index is 0.0724. The molecule has 2 atom stereocenters. The van der Waals surface area contributed by atoms with Crippen LogP contribution in [0.4, 0.5) is 14.5 Å². The largest absolute Gasteiger partial charge is 0.364 e. The van der Waals surface area contributed by atoms with Crippen LogP contribution in [0.2, 0.25) is 0 Å². The highest BCUT2D eigenvalue weighted by atomic mass is 19.3. The van der Waals surface area contributed by atoms with Gasteiger partial charge in [0.25, 0.3) is 6.43 Å². The van der Waals surface area contributed by atoms with Gasteiger partial charge in [-0.3, -0.25) is 19.6 Å². The van der Waals surface area contributed by atoms with E-state index in [1.165, 1.54) is 13.8 Å². The molecule has 0 aliphatic carbocycles. The van der Waals surface area contributed by atoms with Gasteiger partial charge in [0, 0.05) is 12.1 Å². The van der Waals surface area contributed by atoms with Crippen LogP contribution in [0.3, 0.4) is 0 Å². The molecule has 2 heterocycles. The first-order chi connectivity index (χ1) is 10.6. The number of hydrogen-bond donors (Lipinski definition) is 1. The molecule has 1 aliphatic heterocycles. The number of alkyl halides is 2. The van der Waals surface area contributed by atoms with Crippen molar-refractivity contribution in [2.24, 2.45) is 11.0 Å². The number of aromatic nitrogens is 2. The summed E-state index contributed by atoms with van der Waals surface area (Å²) < 4.78 is 27.3. The van der Waals surface area contributed by atoms with Crippen LogP contribution in [0.5, 0.6) is 0 Å². The van der Waals surface area contributed by atoms with Gasteiger partial charge in [-0.25, -0.2) is 8.78 Å². The minimum Gasteiger partial charge on any atom is -0.364 e. The zero-order valence-corrected chi connectivity index (χ0v) is 12.4. The fraction of sp³-hybridized carbons (Fsp3) is 0.583. The fourth-order valence-electron chi connectivity index (χ4n) is 2.27. The molecule has 1 aromatic rings. The van der Waals surface area contributed by atoms with Crippen molar-refractivity contribution in [2.75, 3.05) is 0 Å². The Kier molecular flexibility index (Phi) is 4.41. The number of carbonyl (C=O) groups is 1. The maximum atomic E-state index is 13.1. The molecular weight excluding hydrogens is 316 g/mol. The van der Waals surface area contributed by atoms with Crippen molar-refractivity contribution < 1.29 is 23.6 Å². The molecule has 1 aromatic heterocycles. The summed E-state index contributed by atoms with van der Waals surface area (Å²) in [5, 5.41) is 28.4. The highest BCUT2D eigenvalue weighted by molar-refractivity contribution is 5.89. The molecule has 0 aromatic carbocycles. The van der Waals surface area contributed by atoms with E-state index in [1.807, 2.05) is 0 Å². The third-order valence-corrected chi connectivity index (χ3v) is 3.42. The Hall–Kier alpha value is -2.43. The molecule has 0 saturated carbocycles. The number of rotatable bonds is 5. The summed E-state index contributed by atoms with van der Waals surface area (Å²) in [5.41, 5.74) is -2.70. The zero-order chi connectivity index (χ0) is 17.4. The average molecular weight is 331 g/mol. The molecule has 0 unspecified atom stereocenters. The highest BCUT2D eigenvalue weighted by Crippen LogP contribution is 2.32. The maximum absolute atomic E-state index is 13.1. The quantitative estimate of drug-likeness (QED) is 0.638. The number of aliphatic hydroxyl groups is 1. The first-order valence-electron chi connectivity index (χ1n) is 6.70. The van der Waals surface area contributed by atoms with Gasteiger partial charge < -0.3 is 5.11 Å². The predicted molar refractivity (Wildman–Crippen MR) is 73.6 cm³/mol. The van der Waals surface area contributed by atoms with E-state index in [1.54, 1.807) is 0 Å². The monoisotopic (exact) mass is 331 g/mol. The maximum Gasteiger partial charge on any atom is 0.306 e. The minimum atomic E-state index is -3.18. The van der Waals surface area contributed by atoms with E-state index in [-0.39, 0.29) is 17.9 Å². The molecule has 9 nitrogen and oxygen atoms in total. The van der Waals surface area contributed by atoms with Crippen LogP contribution in [-0.4, -0.2) is 48.6 Å². The number of carbonyl (C=O) groups excluding carboxylic acids is 1. The molecule has 1 N–H and O–H groups in total. The number of halogens is 2. The standard InChI is InChI=1S/C12H15F2N5O4/c1-7(5-17-6-9(4-15-17)19(22)23)10(20)18-12(21,11(13)14)3-8(2)16-18/h4,6-7,11,21H,3,5H2,1-2H3/t7-,12-/m1/s1. The lowest BCUT2D eigenvalue weighted by Gasteiger charge is -2.31. The lowest BCUT2D eigenvalue weighted by Crippen LogP contribution is -2.53. The van der Waals surface area contributed by atoms with Gasteiger partial charge in [0.05, 0.1) is 17.4 Å². The van der Waals surface area contributed by atoms with Crippen LogP contribution in [0.15, 0.2) is 17.5 Å². The van der Waals surface area contributed by atoms with Gasteiger partial charge in [-0.15, -0.1) is 0 Å². The Morgan fingerprint density at radius 2 is 2.26 bits per heavy atom. The smallest absolute Gasteiger partial charge is 0.306 e. The molecule has 11 heteroatoms. The van der Waals surface area contributed by atoms with Gasteiger partial charge in [0.2, 0.25) is 11.6 Å². The lowest BCUT2D eigenvalue weighted by molar-refractivity contribution is -0.385. The van der Waals surface area contributed by atoms with Crippen LogP contribution in [0, 0.1) is 16.0 Å². The molecule has 0 saturated heterocycles. The topological polar surface area (TPSA) is 114 Å². The average Bonchev–Trinajstić information content (AvgIpc) is 3.03. The van der Waals surface area contributed by atoms with Crippen LogP contribution >= 0.6 is 0 Å². The second-order valence-corrected chi connectivity index (χ2v) is 5.42. The van der Waals surface area contributed by atoms with E-state index in [9.17, 15) is 28.8 Å². The summed E-state index contributed by atoms with van der Waals surface area (Å²) in [7, 11) is 0. The molecule has 1 aliphatic rings. The Bertz CT molecular complexity index is 662. The van der Waals surface area contributed by atoms with Crippen molar-refractivity contribution in [3.05, 3.63) is 22.5 Å². The molecule has 1 amide bonds. The number of amides is 1. The third-order valence-electron chi connectivity index (χ3n) is 3.42. The van der Waals surface area contributed by atoms with E-state index >= 15 is 0 Å². The van der Waals surface area contributed by atoms with Crippen molar-refractivity contribution >= 4 is 17.3 Å². The Labute approximate surface area is 129 Å². The van der Waals surface area contributed by atoms with Crippen LogP contribution in [-0.2, 0) is 11.3 Å². The van der Waals surface area contributed by atoms with Gasteiger partial charge in [-0.2, -0.15) is 15.2 Å². The van der Waals surface area contributed by atoms with Gasteiger partial charge >= 0.3 is 5.69 Å². The second-order valence-electron chi connectivity index (χ2n) is 5.42. The summed E-state index contributed by atoms with van der Waals surface area (Å²) in [6.45, 7) is 2.80. The van der Waals surface area contributed by atoms with E-state index in [0.717, 1.165) is 17.1 Å². The van der Waals surface area contributed by atoms with Crippen molar-refractivity contribution in [3.63, 3.8) is 0 Å². The summed E-state index contributed by atoms with van der Waals surface area (Å²) in [6, 6.07) is 0. The Morgan fingerprint density at radius 1 is 1.61 bits per heavy atom. The van der Waals surface area contributed by atoms with Gasteiger partial charge in [-0.1, -0.05) is 6.92 Å². The fourth-order valence-corrected chi connectivity index (χ4v) is 2.27. The number of hydrogen-bond acceptors (Lipinski definition) is 6. The van der Waals surface area contributed by atoms with E-state index in [4.69, 9.17) is 0 Å². The lowest BCUT2D eigenvalue weighted by atomic mass is 10.1. The summed E-state index contributed by atoms with van der Waals surface area (Å²) >= 11 is 0. The predicted octanol–water partition coefficient (Wildman–Crippen LogP) is 0.989. The molecule has 0 bridgehead atoms. The number of nitro groups is 1. The summed E-state index contributed by atoms with van der Waals surface area (Å²) in [6.07, 6.45) is -1.46. The first kappa shape index (κ1) is 16.9. The molecular formula is C12H15F2N5O4. The number of nitrogens with zero attached hydrogens (tertiary/aromatic N) is 5. The molecule has 23 heavy (non-hydrogen) atoms. The zero-order valence-electron chi connectivity index (χ0n) is 12.4. The van der Waals surface area contributed by atoms with Crippen LogP contribution in [0.25, 0.3) is 0 Å². The van der Waals surface area contributed by atoms with Crippen molar-refractivity contribution in [1.82, 2.24) is 14.8 Å². The SMILES string of the molecule is CC1=NN(C(=O)[C@H](C)Cn2cc([N+](=O)[O-])cn2)[C@](O)(C(F)F)C1. The second kappa shape index (κ2) is 5.99. The Morgan fingerprint density at radius 3 is 2.78 bits per heavy atom. The molecule has 0 spiro atoms. The molecule has 0 radical (unpaired) electrons. The molecule has 2 rings (SSSR count). The third kappa shape index (κ3) is 3.18. The summed E-state index contributed by atoms with van der Waals surface area (Å²) in [5.74, 6) is -1.68. The van der Waals surface area contributed by atoms with E-state index < -0.39 is 35.3 Å². The van der Waals surface area contributed by atoms with Gasteiger partial charge in [0.1, 0.15) is 12.4 Å². The van der Waals surface area contributed by atoms with E-state index in [2.05, 4.69) is 10.2 Å². The van der Waals surface area contributed by atoms with Gasteiger partial charge in [0.15, 0.2) is 0 Å². The normalized spacial score (nSPS) is 22.3. The van der Waals surface area contributed by atoms with Gasteiger partial charge in [-0.05, 0) is 6.92 Å². The van der Waals surface area contributed by atoms with E-state index in [0.29, 0.717) is 5.01 Å². The highest BCUT2D eigenvalue weighted by Gasteiger charge is 2.51. The number of hydrazone groups is 1. The summed E-state index contributed by atoms with van der Waals surface area (Å²) in [4.78, 5) is 22.2. The van der Waals surface area contributed by atoms with Crippen molar-refractivity contribution in [1.29, 1.82) is 0 Å². The van der Waals surface area contributed by atoms with Crippen LogP contribution in [0.1, 0.15) is 20.3 Å². The Balaban J connectivity index is 2.13. The molecule has 126 valence electrons. The van der Waals surface area contributed by atoms with Crippen molar-refractivity contribution in [3.8, 4) is 0 Å².